The van der Waals surface area contributed by atoms with E-state index in [1.165, 1.54) is 0 Å². The lowest BCUT2D eigenvalue weighted by atomic mass is 10.1. The molecule has 2 amide bonds. The van der Waals surface area contributed by atoms with Gasteiger partial charge in [0.25, 0.3) is 0 Å². The van der Waals surface area contributed by atoms with Crippen LogP contribution in [0.15, 0.2) is 48.5 Å². The summed E-state index contributed by atoms with van der Waals surface area (Å²) in [7, 11) is 0. The Bertz CT molecular complexity index is 1080. The molecule has 0 aliphatic rings. The number of halogens is 1. The van der Waals surface area contributed by atoms with Crippen LogP contribution in [0, 0.1) is 0 Å². The molecular formula is C25H31ClN4O2. The normalized spacial score (nSPS) is 12.4. The van der Waals surface area contributed by atoms with Gasteiger partial charge in [0.05, 0.1) is 23.5 Å². The van der Waals surface area contributed by atoms with Crippen molar-refractivity contribution in [2.24, 2.45) is 0 Å². The van der Waals surface area contributed by atoms with Gasteiger partial charge in [-0.25, -0.2) is 4.98 Å². The smallest absolute Gasteiger partial charge is 0.243 e. The molecule has 3 aromatic rings. The summed E-state index contributed by atoms with van der Waals surface area (Å²) in [5.74, 6) is 0.575. The Hall–Kier alpha value is -2.86. The number of carbonyl (C=O) groups excluding carboxylic acids is 2. The quantitative estimate of drug-likeness (QED) is 0.533. The number of rotatable bonds is 8. The monoisotopic (exact) mass is 454 g/mol. The second-order valence-corrected chi connectivity index (χ2v) is 9.06. The molecule has 1 heterocycles. The highest BCUT2D eigenvalue weighted by Gasteiger charge is 2.24. The molecule has 1 atom stereocenters. The zero-order valence-corrected chi connectivity index (χ0v) is 20.1. The highest BCUT2D eigenvalue weighted by atomic mass is 35.5. The second-order valence-electron chi connectivity index (χ2n) is 8.63. The highest BCUT2D eigenvalue weighted by molar-refractivity contribution is 6.30. The molecule has 0 aliphatic carbocycles. The summed E-state index contributed by atoms with van der Waals surface area (Å²) in [6.45, 7) is 10.1. The van der Waals surface area contributed by atoms with Crippen molar-refractivity contribution in [2.45, 2.75) is 65.7 Å². The van der Waals surface area contributed by atoms with E-state index in [1.807, 2.05) is 80.5 Å². The zero-order valence-electron chi connectivity index (χ0n) is 19.3. The summed E-state index contributed by atoms with van der Waals surface area (Å²) >= 11 is 5.93. The largest absolute Gasteiger partial charge is 0.346 e. The average Bonchev–Trinajstić information content (AvgIpc) is 3.07. The minimum Gasteiger partial charge on any atom is -0.346 e. The van der Waals surface area contributed by atoms with Crippen molar-refractivity contribution in [1.82, 2.24) is 19.8 Å². The summed E-state index contributed by atoms with van der Waals surface area (Å²) in [5, 5.41) is 3.67. The minimum absolute atomic E-state index is 0.0269. The van der Waals surface area contributed by atoms with E-state index in [1.54, 1.807) is 12.1 Å². The second kappa shape index (κ2) is 10.2. The number of amides is 2. The van der Waals surface area contributed by atoms with Crippen LogP contribution in [-0.2, 0) is 22.6 Å². The number of nitrogens with zero attached hydrogens (tertiary/aromatic N) is 3. The number of carbonyl (C=O) groups is 2. The molecule has 170 valence electrons. The number of nitrogens with one attached hydrogen (secondary N) is 1. The van der Waals surface area contributed by atoms with Crippen molar-refractivity contribution in [2.75, 3.05) is 0 Å². The van der Waals surface area contributed by atoms with Gasteiger partial charge in [-0.15, -0.1) is 0 Å². The predicted molar refractivity (Wildman–Crippen MR) is 129 cm³/mol. The molecule has 2 aromatic carbocycles. The van der Waals surface area contributed by atoms with Crippen LogP contribution in [0.25, 0.3) is 11.0 Å². The first-order valence-corrected chi connectivity index (χ1v) is 11.3. The van der Waals surface area contributed by atoms with Crippen molar-refractivity contribution >= 4 is 34.4 Å². The van der Waals surface area contributed by atoms with Gasteiger partial charge in [-0.1, -0.05) is 35.9 Å². The third-order valence-electron chi connectivity index (χ3n) is 5.42. The van der Waals surface area contributed by atoms with Gasteiger partial charge in [0.1, 0.15) is 12.4 Å². The first kappa shape index (κ1) is 23.8. The summed E-state index contributed by atoms with van der Waals surface area (Å²) in [4.78, 5) is 32.5. The molecule has 7 heteroatoms. The molecule has 0 spiro atoms. The third kappa shape index (κ3) is 5.49. The van der Waals surface area contributed by atoms with Gasteiger partial charge in [-0.3, -0.25) is 9.59 Å². The van der Waals surface area contributed by atoms with Crippen molar-refractivity contribution in [1.29, 1.82) is 0 Å². The van der Waals surface area contributed by atoms with Crippen LogP contribution in [0.2, 0.25) is 5.02 Å². The Labute approximate surface area is 194 Å². The zero-order chi connectivity index (χ0) is 23.4. The highest BCUT2D eigenvalue weighted by Crippen LogP contribution is 2.22. The lowest BCUT2D eigenvalue weighted by molar-refractivity contribution is -0.135. The SMILES string of the molecule is CC(NC(=O)Cc1ccc(Cl)cc1)c1nc2ccccc2n1CC(=O)N(C(C)C)C(C)C. The molecule has 1 N–H and O–H groups in total. The Morgan fingerprint density at radius 1 is 1.00 bits per heavy atom. The first-order valence-electron chi connectivity index (χ1n) is 11.0. The Kier molecular flexibility index (Phi) is 7.56. The van der Waals surface area contributed by atoms with Crippen molar-refractivity contribution in [3.05, 3.63) is 64.9 Å². The van der Waals surface area contributed by atoms with Gasteiger partial charge in [-0.05, 0) is 64.4 Å². The van der Waals surface area contributed by atoms with E-state index in [2.05, 4.69) is 5.32 Å². The fourth-order valence-electron chi connectivity index (χ4n) is 4.12. The number of aromatic nitrogens is 2. The van der Waals surface area contributed by atoms with E-state index >= 15 is 0 Å². The van der Waals surface area contributed by atoms with E-state index in [4.69, 9.17) is 16.6 Å². The molecule has 1 aromatic heterocycles. The Morgan fingerprint density at radius 2 is 1.62 bits per heavy atom. The van der Waals surface area contributed by atoms with Gasteiger partial charge >= 0.3 is 0 Å². The van der Waals surface area contributed by atoms with Gasteiger partial charge in [0, 0.05) is 17.1 Å². The molecule has 0 radical (unpaired) electrons. The fourth-order valence-corrected chi connectivity index (χ4v) is 4.25. The van der Waals surface area contributed by atoms with Crippen LogP contribution in [0.5, 0.6) is 0 Å². The van der Waals surface area contributed by atoms with E-state index in [-0.39, 0.29) is 42.9 Å². The maximum atomic E-state index is 13.2. The molecule has 1 unspecified atom stereocenters. The number of para-hydroxylation sites is 2. The van der Waals surface area contributed by atoms with Gasteiger partial charge in [0.2, 0.25) is 11.8 Å². The standard InChI is InChI=1S/C25H31ClN4O2/c1-16(2)30(17(3)4)24(32)15-29-22-9-7-6-8-21(22)28-25(29)18(5)27-23(31)14-19-10-12-20(26)13-11-19/h6-13,16-18H,14-15H2,1-5H3,(H,27,31). The fraction of sp³-hybridized carbons (Fsp3) is 0.400. The van der Waals surface area contributed by atoms with Crippen LogP contribution in [0.1, 0.15) is 52.0 Å². The molecule has 6 nitrogen and oxygen atoms in total. The Balaban J connectivity index is 1.84. The molecule has 0 bridgehead atoms. The average molecular weight is 455 g/mol. The van der Waals surface area contributed by atoms with Crippen LogP contribution >= 0.6 is 11.6 Å². The minimum atomic E-state index is -0.360. The summed E-state index contributed by atoms with van der Waals surface area (Å²) in [6.07, 6.45) is 0.245. The first-order chi connectivity index (χ1) is 15.2. The predicted octanol–water partition coefficient (Wildman–Crippen LogP) is 4.76. The van der Waals surface area contributed by atoms with Crippen LogP contribution in [0.3, 0.4) is 0 Å². The molecule has 0 fully saturated rings. The molecule has 0 saturated carbocycles. The van der Waals surface area contributed by atoms with E-state index < -0.39 is 0 Å². The summed E-state index contributed by atoms with van der Waals surface area (Å²) in [6, 6.07) is 14.8. The lowest BCUT2D eigenvalue weighted by Gasteiger charge is -2.31. The Morgan fingerprint density at radius 3 is 2.25 bits per heavy atom. The van der Waals surface area contributed by atoms with Crippen molar-refractivity contribution in [3.63, 3.8) is 0 Å². The molecular weight excluding hydrogens is 424 g/mol. The molecule has 0 aliphatic heterocycles. The maximum absolute atomic E-state index is 13.2. The molecule has 0 saturated heterocycles. The third-order valence-corrected chi connectivity index (χ3v) is 5.67. The van der Waals surface area contributed by atoms with Crippen molar-refractivity contribution in [3.8, 4) is 0 Å². The topological polar surface area (TPSA) is 67.2 Å². The van der Waals surface area contributed by atoms with E-state index in [9.17, 15) is 9.59 Å². The number of hydrogen-bond donors (Lipinski definition) is 1. The van der Waals surface area contributed by atoms with E-state index in [0.29, 0.717) is 10.8 Å². The van der Waals surface area contributed by atoms with Gasteiger partial charge < -0.3 is 14.8 Å². The van der Waals surface area contributed by atoms with E-state index in [0.717, 1.165) is 16.6 Å². The lowest BCUT2D eigenvalue weighted by Crippen LogP contribution is -2.44. The number of benzene rings is 2. The number of fused-ring (bicyclic) bond motifs is 1. The maximum Gasteiger partial charge on any atom is 0.243 e. The molecule has 3 rings (SSSR count). The summed E-state index contributed by atoms with van der Waals surface area (Å²) in [5.41, 5.74) is 2.56. The van der Waals surface area contributed by atoms with Crippen LogP contribution in [-0.4, -0.2) is 38.3 Å². The van der Waals surface area contributed by atoms with Crippen LogP contribution < -0.4 is 5.32 Å². The summed E-state index contributed by atoms with van der Waals surface area (Å²) < 4.78 is 1.92. The number of hydrogen-bond acceptors (Lipinski definition) is 3. The van der Waals surface area contributed by atoms with Gasteiger partial charge in [0.15, 0.2) is 0 Å². The number of imidazole rings is 1. The van der Waals surface area contributed by atoms with Gasteiger partial charge in [-0.2, -0.15) is 0 Å². The van der Waals surface area contributed by atoms with Crippen molar-refractivity contribution < 1.29 is 9.59 Å². The van der Waals surface area contributed by atoms with Crippen LogP contribution in [0.4, 0.5) is 0 Å². The molecule has 32 heavy (non-hydrogen) atoms.